The molecule has 0 aliphatic rings. The number of rotatable bonds is 6. The smallest absolute Gasteiger partial charge is 0.337 e. The van der Waals surface area contributed by atoms with Gasteiger partial charge in [0, 0.05) is 12.0 Å². The molecule has 3 N–H and O–H groups in total. The number of carboxylic acids is 1. The Morgan fingerprint density at radius 1 is 1.25 bits per heavy atom. The molecular weight excluding hydrogens is 266 g/mol. The Kier molecular flexibility index (Phi) is 5.33. The number of benzene rings is 1. The third-order valence-corrected chi connectivity index (χ3v) is 2.73. The monoisotopic (exact) mass is 283 g/mol. The van der Waals surface area contributed by atoms with E-state index in [9.17, 15) is 9.59 Å². The van der Waals surface area contributed by atoms with Gasteiger partial charge in [0.25, 0.3) is 0 Å². The number of carbonyl (C=O) groups excluding carboxylic acids is 1. The van der Waals surface area contributed by atoms with E-state index in [2.05, 4.69) is 4.74 Å². The molecule has 0 heterocycles. The van der Waals surface area contributed by atoms with Crippen LogP contribution < -0.4 is 15.2 Å². The predicted molar refractivity (Wildman–Crippen MR) is 70.2 cm³/mol. The van der Waals surface area contributed by atoms with Crippen molar-refractivity contribution in [1.82, 2.24) is 0 Å². The first-order valence-corrected chi connectivity index (χ1v) is 5.76. The molecule has 20 heavy (non-hydrogen) atoms. The quantitative estimate of drug-likeness (QED) is 0.729. The summed E-state index contributed by atoms with van der Waals surface area (Å²) in [5.41, 5.74) is 6.20. The Bertz CT molecular complexity index is 514. The second-order valence-corrected chi connectivity index (χ2v) is 4.01. The molecule has 1 rings (SSSR count). The first kappa shape index (κ1) is 15.8. The van der Waals surface area contributed by atoms with E-state index in [1.807, 2.05) is 0 Å². The standard InChI is InChI=1S/C13H17NO6/c1-18-10-6-8(13(17)20-3)4-7(11(10)19-2)5-9(14)12(15)16/h4,6,9H,5,14H2,1-3H3,(H,15,16). The minimum Gasteiger partial charge on any atom is -0.493 e. The average molecular weight is 283 g/mol. The second kappa shape index (κ2) is 6.76. The number of hydrogen-bond acceptors (Lipinski definition) is 6. The zero-order valence-electron chi connectivity index (χ0n) is 11.5. The molecule has 1 atom stereocenters. The van der Waals surface area contributed by atoms with E-state index in [-0.39, 0.29) is 12.0 Å². The maximum atomic E-state index is 11.6. The number of ether oxygens (including phenoxy) is 3. The molecule has 0 radical (unpaired) electrons. The van der Waals surface area contributed by atoms with Gasteiger partial charge < -0.3 is 25.1 Å². The van der Waals surface area contributed by atoms with Gasteiger partial charge in [0.05, 0.1) is 26.9 Å². The summed E-state index contributed by atoms with van der Waals surface area (Å²) in [5, 5.41) is 8.87. The average Bonchev–Trinajstić information content (AvgIpc) is 2.45. The summed E-state index contributed by atoms with van der Waals surface area (Å²) < 4.78 is 15.0. The van der Waals surface area contributed by atoms with E-state index >= 15 is 0 Å². The lowest BCUT2D eigenvalue weighted by atomic mass is 10.0. The number of hydrogen-bond donors (Lipinski definition) is 2. The Hall–Kier alpha value is -2.28. The van der Waals surface area contributed by atoms with Gasteiger partial charge in [0.15, 0.2) is 11.5 Å². The Labute approximate surface area is 116 Å². The molecule has 0 saturated heterocycles. The van der Waals surface area contributed by atoms with Crippen LogP contribution in [0.4, 0.5) is 0 Å². The van der Waals surface area contributed by atoms with Crippen LogP contribution in [-0.4, -0.2) is 44.4 Å². The molecule has 0 saturated carbocycles. The van der Waals surface area contributed by atoms with Gasteiger partial charge in [-0.1, -0.05) is 0 Å². The zero-order valence-corrected chi connectivity index (χ0v) is 11.5. The van der Waals surface area contributed by atoms with Crippen molar-refractivity contribution in [2.75, 3.05) is 21.3 Å². The van der Waals surface area contributed by atoms with Gasteiger partial charge in [-0.2, -0.15) is 0 Å². The first-order chi connectivity index (χ1) is 9.44. The largest absolute Gasteiger partial charge is 0.493 e. The van der Waals surface area contributed by atoms with Crippen molar-refractivity contribution < 1.29 is 28.9 Å². The summed E-state index contributed by atoms with van der Waals surface area (Å²) in [6, 6.07) is 1.83. The van der Waals surface area contributed by atoms with E-state index in [1.165, 1.54) is 33.5 Å². The van der Waals surface area contributed by atoms with Gasteiger partial charge in [-0.25, -0.2) is 4.79 Å². The van der Waals surface area contributed by atoms with Crippen molar-refractivity contribution in [3.63, 3.8) is 0 Å². The van der Waals surface area contributed by atoms with Gasteiger partial charge in [-0.15, -0.1) is 0 Å². The van der Waals surface area contributed by atoms with Crippen molar-refractivity contribution in [1.29, 1.82) is 0 Å². The summed E-state index contributed by atoms with van der Waals surface area (Å²) in [7, 11) is 4.09. The molecule has 7 heteroatoms. The fourth-order valence-electron chi connectivity index (χ4n) is 1.75. The first-order valence-electron chi connectivity index (χ1n) is 5.76. The summed E-state index contributed by atoms with van der Waals surface area (Å²) in [5.74, 6) is -1.05. The summed E-state index contributed by atoms with van der Waals surface area (Å²) in [6.45, 7) is 0. The van der Waals surface area contributed by atoms with Gasteiger partial charge in [0.1, 0.15) is 6.04 Å². The summed E-state index contributed by atoms with van der Waals surface area (Å²) >= 11 is 0. The van der Waals surface area contributed by atoms with Crippen LogP contribution in [0, 0.1) is 0 Å². The number of esters is 1. The van der Waals surface area contributed by atoms with Gasteiger partial charge in [-0.3, -0.25) is 4.79 Å². The summed E-state index contributed by atoms with van der Waals surface area (Å²) in [6.07, 6.45) is -0.000297. The molecule has 1 unspecified atom stereocenters. The van der Waals surface area contributed by atoms with Gasteiger partial charge in [-0.05, 0) is 12.1 Å². The fourth-order valence-corrected chi connectivity index (χ4v) is 1.75. The number of carbonyl (C=O) groups is 2. The maximum Gasteiger partial charge on any atom is 0.337 e. The number of aliphatic carboxylic acids is 1. The van der Waals surface area contributed by atoms with Gasteiger partial charge in [0.2, 0.25) is 0 Å². The highest BCUT2D eigenvalue weighted by atomic mass is 16.5. The molecule has 0 fully saturated rings. The Balaban J connectivity index is 3.30. The van der Waals surface area contributed by atoms with E-state index in [4.69, 9.17) is 20.3 Å². The highest BCUT2D eigenvalue weighted by molar-refractivity contribution is 5.90. The normalized spacial score (nSPS) is 11.6. The maximum absolute atomic E-state index is 11.6. The predicted octanol–water partition coefficient (Wildman–Crippen LogP) is 0.445. The van der Waals surface area contributed by atoms with Crippen LogP contribution in [-0.2, 0) is 16.0 Å². The molecule has 0 amide bonds. The minimum atomic E-state index is -1.14. The Morgan fingerprint density at radius 2 is 1.90 bits per heavy atom. The third-order valence-electron chi connectivity index (χ3n) is 2.73. The molecule has 1 aromatic carbocycles. The van der Waals surface area contributed by atoms with E-state index in [0.717, 1.165) is 0 Å². The lowest BCUT2D eigenvalue weighted by Crippen LogP contribution is -2.32. The molecule has 0 aliphatic carbocycles. The minimum absolute atomic E-state index is 0.000297. The second-order valence-electron chi connectivity index (χ2n) is 4.01. The van der Waals surface area contributed by atoms with Crippen LogP contribution in [0.15, 0.2) is 12.1 Å². The van der Waals surface area contributed by atoms with Crippen molar-refractivity contribution in [2.24, 2.45) is 5.73 Å². The fraction of sp³-hybridized carbons (Fsp3) is 0.385. The molecule has 0 aromatic heterocycles. The number of carboxylic acid groups (broad SMARTS) is 1. The van der Waals surface area contributed by atoms with Crippen molar-refractivity contribution in [3.8, 4) is 11.5 Å². The van der Waals surface area contributed by atoms with Crippen molar-refractivity contribution in [2.45, 2.75) is 12.5 Å². The lowest BCUT2D eigenvalue weighted by Gasteiger charge is -2.15. The van der Waals surface area contributed by atoms with Crippen molar-refractivity contribution in [3.05, 3.63) is 23.3 Å². The van der Waals surface area contributed by atoms with Crippen LogP contribution >= 0.6 is 0 Å². The van der Waals surface area contributed by atoms with Crippen LogP contribution in [0.2, 0.25) is 0 Å². The van der Waals surface area contributed by atoms with Gasteiger partial charge >= 0.3 is 11.9 Å². The molecule has 0 bridgehead atoms. The van der Waals surface area contributed by atoms with E-state index in [1.54, 1.807) is 0 Å². The van der Waals surface area contributed by atoms with E-state index in [0.29, 0.717) is 17.1 Å². The molecule has 0 spiro atoms. The topological polar surface area (TPSA) is 108 Å². The molecule has 110 valence electrons. The number of nitrogens with two attached hydrogens (primary N) is 1. The highest BCUT2D eigenvalue weighted by Crippen LogP contribution is 2.33. The van der Waals surface area contributed by atoms with Crippen LogP contribution in [0.3, 0.4) is 0 Å². The van der Waals surface area contributed by atoms with Crippen molar-refractivity contribution >= 4 is 11.9 Å². The number of methoxy groups -OCH3 is 3. The molecular formula is C13H17NO6. The third kappa shape index (κ3) is 3.39. The highest BCUT2D eigenvalue weighted by Gasteiger charge is 2.20. The molecule has 7 nitrogen and oxygen atoms in total. The molecule has 0 aliphatic heterocycles. The lowest BCUT2D eigenvalue weighted by molar-refractivity contribution is -0.138. The van der Waals surface area contributed by atoms with E-state index < -0.39 is 18.0 Å². The van der Waals surface area contributed by atoms with Crippen LogP contribution in [0.1, 0.15) is 15.9 Å². The zero-order chi connectivity index (χ0) is 15.3. The summed E-state index contributed by atoms with van der Waals surface area (Å²) in [4.78, 5) is 22.4. The van der Waals surface area contributed by atoms with Crippen LogP contribution in [0.25, 0.3) is 0 Å². The van der Waals surface area contributed by atoms with Crippen LogP contribution in [0.5, 0.6) is 11.5 Å². The molecule has 1 aromatic rings. The Morgan fingerprint density at radius 3 is 2.35 bits per heavy atom. The SMILES string of the molecule is COC(=O)c1cc(CC(N)C(=O)O)c(OC)c(OC)c1.